The number of amides is 3. The number of hydrogen-bond donors (Lipinski definition) is 3. The Balaban J connectivity index is 1.50. The minimum Gasteiger partial charge on any atom is -0.494 e. The summed E-state index contributed by atoms with van der Waals surface area (Å²) in [6, 6.07) is 19.3. The van der Waals surface area contributed by atoms with E-state index in [1.165, 1.54) is 4.68 Å². The van der Waals surface area contributed by atoms with E-state index in [4.69, 9.17) is 4.74 Å². The van der Waals surface area contributed by atoms with Crippen LogP contribution in [0.2, 0.25) is 0 Å². The molecule has 202 valence electrons. The van der Waals surface area contributed by atoms with E-state index < -0.39 is 17.7 Å². The van der Waals surface area contributed by atoms with Crippen molar-refractivity contribution in [1.29, 1.82) is 0 Å². The molecule has 0 aliphatic heterocycles. The van der Waals surface area contributed by atoms with Crippen molar-refractivity contribution in [1.82, 2.24) is 4.68 Å². The lowest BCUT2D eigenvalue weighted by molar-refractivity contribution is -0.133. The maximum atomic E-state index is 13.3. The van der Waals surface area contributed by atoms with E-state index in [0.717, 1.165) is 33.8 Å². The molecule has 0 saturated heterocycles. The highest BCUT2D eigenvalue weighted by atomic mass is 79.9. The van der Waals surface area contributed by atoms with Crippen molar-refractivity contribution in [2.45, 2.75) is 33.1 Å². The molecule has 0 radical (unpaired) electrons. The van der Waals surface area contributed by atoms with Gasteiger partial charge in [-0.15, -0.1) is 0 Å². The SMILES string of the molecule is CCCCCOc1ccc(NC(=O)C(=O)Nn2c(C(=O)Nc3ccc(Br)cc3C)cc3cc(Br)ccc32)cc1. The molecule has 0 fully saturated rings. The summed E-state index contributed by atoms with van der Waals surface area (Å²) in [4.78, 5) is 38.9. The molecule has 0 aliphatic carbocycles. The molecule has 0 bridgehead atoms. The molecule has 1 aromatic heterocycles. The topological polar surface area (TPSA) is 101 Å². The number of carbonyl (C=O) groups excluding carboxylic acids is 3. The first-order chi connectivity index (χ1) is 18.7. The van der Waals surface area contributed by atoms with Crippen LogP contribution in [0, 0.1) is 6.92 Å². The molecule has 0 unspecified atom stereocenters. The summed E-state index contributed by atoms with van der Waals surface area (Å²) in [6.45, 7) is 4.64. The van der Waals surface area contributed by atoms with E-state index in [2.05, 4.69) is 54.8 Å². The second-order valence-corrected chi connectivity index (χ2v) is 10.8. The summed E-state index contributed by atoms with van der Waals surface area (Å²) < 4.78 is 8.71. The monoisotopic (exact) mass is 654 g/mol. The fourth-order valence-electron chi connectivity index (χ4n) is 3.94. The van der Waals surface area contributed by atoms with Crippen LogP contribution in [0.15, 0.2) is 75.7 Å². The third-order valence-electron chi connectivity index (χ3n) is 5.98. The molecule has 0 spiro atoms. The summed E-state index contributed by atoms with van der Waals surface area (Å²) in [5, 5.41) is 6.17. The summed E-state index contributed by atoms with van der Waals surface area (Å²) in [6.07, 6.45) is 3.19. The number of nitrogens with zero attached hydrogens (tertiary/aromatic N) is 1. The Morgan fingerprint density at radius 3 is 2.28 bits per heavy atom. The molecule has 0 aliphatic rings. The normalized spacial score (nSPS) is 10.8. The number of unbranched alkanes of at least 4 members (excludes halogenated alkanes) is 2. The van der Waals surface area contributed by atoms with Gasteiger partial charge >= 0.3 is 11.8 Å². The number of benzene rings is 3. The maximum Gasteiger partial charge on any atom is 0.328 e. The van der Waals surface area contributed by atoms with Gasteiger partial charge in [0.2, 0.25) is 0 Å². The summed E-state index contributed by atoms with van der Waals surface area (Å²) in [5.74, 6) is -1.55. The molecule has 8 nitrogen and oxygen atoms in total. The molecule has 1 heterocycles. The fourth-order valence-corrected chi connectivity index (χ4v) is 4.80. The molecular weight excluding hydrogens is 628 g/mol. The summed E-state index contributed by atoms with van der Waals surface area (Å²) >= 11 is 6.85. The maximum absolute atomic E-state index is 13.3. The molecular formula is C29H28Br2N4O4. The van der Waals surface area contributed by atoms with Gasteiger partial charge in [-0.05, 0) is 85.6 Å². The van der Waals surface area contributed by atoms with Gasteiger partial charge in [0.15, 0.2) is 0 Å². The number of halogens is 2. The molecule has 39 heavy (non-hydrogen) atoms. The second kappa shape index (κ2) is 12.9. The first kappa shape index (κ1) is 28.4. The number of nitrogens with one attached hydrogen (secondary N) is 3. The zero-order valence-corrected chi connectivity index (χ0v) is 24.7. The van der Waals surface area contributed by atoms with Crippen LogP contribution in [-0.2, 0) is 9.59 Å². The first-order valence-electron chi connectivity index (χ1n) is 12.5. The molecule has 4 aromatic rings. The lowest BCUT2D eigenvalue weighted by atomic mass is 10.2. The van der Waals surface area contributed by atoms with E-state index in [1.54, 1.807) is 48.5 Å². The van der Waals surface area contributed by atoms with Crippen molar-refractivity contribution in [3.05, 3.63) is 86.9 Å². The number of anilines is 2. The van der Waals surface area contributed by atoms with E-state index in [-0.39, 0.29) is 5.69 Å². The van der Waals surface area contributed by atoms with E-state index in [1.807, 2.05) is 25.1 Å². The fraction of sp³-hybridized carbons (Fsp3) is 0.207. The van der Waals surface area contributed by atoms with Crippen molar-refractivity contribution in [2.75, 3.05) is 22.7 Å². The highest BCUT2D eigenvalue weighted by molar-refractivity contribution is 9.10. The number of carbonyl (C=O) groups is 3. The van der Waals surface area contributed by atoms with E-state index >= 15 is 0 Å². The Morgan fingerprint density at radius 1 is 0.846 bits per heavy atom. The Kier molecular flexibility index (Phi) is 9.42. The van der Waals surface area contributed by atoms with Crippen LogP contribution in [0.4, 0.5) is 11.4 Å². The zero-order valence-electron chi connectivity index (χ0n) is 21.5. The number of hydrogen-bond acceptors (Lipinski definition) is 4. The molecule has 0 atom stereocenters. The second-order valence-electron chi connectivity index (χ2n) is 8.96. The summed E-state index contributed by atoms with van der Waals surface area (Å²) in [5.41, 5.74) is 5.23. The predicted molar refractivity (Wildman–Crippen MR) is 161 cm³/mol. The number of rotatable bonds is 9. The first-order valence-corrected chi connectivity index (χ1v) is 14.1. The molecule has 3 aromatic carbocycles. The van der Waals surface area contributed by atoms with Gasteiger partial charge in [-0.25, -0.2) is 4.68 Å². The van der Waals surface area contributed by atoms with Crippen molar-refractivity contribution in [3.63, 3.8) is 0 Å². The highest BCUT2D eigenvalue weighted by Crippen LogP contribution is 2.25. The van der Waals surface area contributed by atoms with E-state index in [0.29, 0.717) is 34.6 Å². The van der Waals surface area contributed by atoms with Crippen LogP contribution in [0.5, 0.6) is 5.75 Å². The zero-order chi connectivity index (χ0) is 27.9. The standard InChI is InChI=1S/C29H28Br2N4O4/c1-3-4-5-14-39-23-10-8-22(9-11-23)32-28(37)29(38)34-35-25-13-7-21(31)16-19(25)17-26(35)27(36)33-24-12-6-20(30)15-18(24)2/h6-13,15-17H,3-5,14H2,1-2H3,(H,32,37)(H,33,36)(H,34,38). The average Bonchev–Trinajstić information content (AvgIpc) is 3.26. The van der Waals surface area contributed by atoms with Crippen LogP contribution < -0.4 is 20.8 Å². The third-order valence-corrected chi connectivity index (χ3v) is 6.97. The minimum absolute atomic E-state index is 0.163. The van der Waals surface area contributed by atoms with Gasteiger partial charge in [0.25, 0.3) is 5.91 Å². The van der Waals surface area contributed by atoms with Crippen LogP contribution in [0.25, 0.3) is 10.9 Å². The molecule has 4 rings (SSSR count). The predicted octanol–water partition coefficient (Wildman–Crippen LogP) is 7.00. The van der Waals surface area contributed by atoms with Crippen molar-refractivity contribution in [2.24, 2.45) is 0 Å². The van der Waals surface area contributed by atoms with Crippen LogP contribution >= 0.6 is 31.9 Å². The van der Waals surface area contributed by atoms with Gasteiger partial charge in [-0.2, -0.15) is 0 Å². The number of aryl methyl sites for hydroxylation is 1. The highest BCUT2D eigenvalue weighted by Gasteiger charge is 2.21. The summed E-state index contributed by atoms with van der Waals surface area (Å²) in [7, 11) is 0. The van der Waals surface area contributed by atoms with Crippen LogP contribution in [-0.4, -0.2) is 29.0 Å². The molecule has 10 heteroatoms. The van der Waals surface area contributed by atoms with Crippen molar-refractivity contribution in [3.8, 4) is 5.75 Å². The third kappa shape index (κ3) is 7.27. The van der Waals surface area contributed by atoms with Gasteiger partial charge in [-0.3, -0.25) is 19.8 Å². The van der Waals surface area contributed by atoms with Gasteiger partial charge in [-0.1, -0.05) is 51.6 Å². The van der Waals surface area contributed by atoms with Gasteiger partial charge in [0, 0.05) is 25.7 Å². The molecule has 0 saturated carbocycles. The van der Waals surface area contributed by atoms with Crippen LogP contribution in [0.3, 0.4) is 0 Å². The van der Waals surface area contributed by atoms with E-state index in [9.17, 15) is 14.4 Å². The quantitative estimate of drug-likeness (QED) is 0.133. The Morgan fingerprint density at radius 2 is 1.56 bits per heavy atom. The number of aromatic nitrogens is 1. The smallest absolute Gasteiger partial charge is 0.328 e. The molecule has 3 N–H and O–H groups in total. The minimum atomic E-state index is -0.927. The Labute approximate surface area is 243 Å². The Bertz CT molecular complexity index is 1520. The van der Waals surface area contributed by atoms with Crippen molar-refractivity contribution >= 4 is 71.9 Å². The van der Waals surface area contributed by atoms with Gasteiger partial charge in [0.05, 0.1) is 12.1 Å². The average molecular weight is 656 g/mol. The van der Waals surface area contributed by atoms with Crippen LogP contribution in [0.1, 0.15) is 42.2 Å². The number of ether oxygens (including phenoxy) is 1. The largest absolute Gasteiger partial charge is 0.494 e. The lowest BCUT2D eigenvalue weighted by Crippen LogP contribution is -2.36. The van der Waals surface area contributed by atoms with Gasteiger partial charge < -0.3 is 15.4 Å². The lowest BCUT2D eigenvalue weighted by Gasteiger charge is -2.14. The van der Waals surface area contributed by atoms with Crippen molar-refractivity contribution < 1.29 is 19.1 Å². The molecule has 3 amide bonds. The number of fused-ring (bicyclic) bond motifs is 1. The Hall–Kier alpha value is -3.63. The van der Waals surface area contributed by atoms with Gasteiger partial charge in [0.1, 0.15) is 11.4 Å².